The minimum atomic E-state index is -4.39. The van der Waals surface area contributed by atoms with Gasteiger partial charge in [-0.3, -0.25) is 9.67 Å². The number of benzene rings is 1. The average Bonchev–Trinajstić information content (AvgIpc) is 3.29. The summed E-state index contributed by atoms with van der Waals surface area (Å²) in [4.78, 5) is 8.68. The van der Waals surface area contributed by atoms with Gasteiger partial charge in [0.15, 0.2) is 0 Å². The molecule has 5 rings (SSSR count). The van der Waals surface area contributed by atoms with E-state index in [2.05, 4.69) is 20.4 Å². The standard InChI is InChI=1S/C23H21F3N6.3ClH/c24-23(25,26)18-2-1-14-9-21(29-10-15(14)7-18)20-8-16(11-30-22(20)27)17-12-31-32(13-17)19-3-5-28-6-4-19;;;/h1-2,7-13,19,28H,3-6H2,(H2,27,30);3*1H. The Labute approximate surface area is 218 Å². The van der Waals surface area contributed by atoms with Gasteiger partial charge in [-0.25, -0.2) is 4.98 Å². The highest BCUT2D eigenvalue weighted by atomic mass is 35.5. The molecule has 1 saturated heterocycles. The molecule has 12 heteroatoms. The molecule has 6 nitrogen and oxygen atoms in total. The van der Waals surface area contributed by atoms with E-state index < -0.39 is 11.7 Å². The fourth-order valence-corrected chi connectivity index (χ4v) is 4.06. The number of nitrogens with one attached hydrogen (secondary N) is 1. The lowest BCUT2D eigenvalue weighted by Crippen LogP contribution is -2.29. The molecule has 1 fully saturated rings. The van der Waals surface area contributed by atoms with Crippen LogP contribution >= 0.6 is 37.2 Å². The van der Waals surface area contributed by atoms with Crippen molar-refractivity contribution >= 4 is 53.8 Å². The summed E-state index contributed by atoms with van der Waals surface area (Å²) in [5.41, 5.74) is 8.37. The zero-order valence-corrected chi connectivity index (χ0v) is 20.8. The Bertz CT molecular complexity index is 1290. The molecule has 188 valence electrons. The third-order valence-corrected chi connectivity index (χ3v) is 5.86. The molecule has 35 heavy (non-hydrogen) atoms. The molecule has 4 aromatic rings. The number of hydrogen-bond acceptors (Lipinski definition) is 5. The highest BCUT2D eigenvalue weighted by Gasteiger charge is 2.30. The summed E-state index contributed by atoms with van der Waals surface area (Å²) < 4.78 is 41.0. The Morgan fingerprint density at radius 3 is 2.34 bits per heavy atom. The minimum Gasteiger partial charge on any atom is -0.383 e. The first kappa shape index (κ1) is 28.6. The van der Waals surface area contributed by atoms with E-state index in [0.29, 0.717) is 33.9 Å². The second-order valence-electron chi connectivity index (χ2n) is 7.98. The van der Waals surface area contributed by atoms with Gasteiger partial charge in [0, 0.05) is 40.7 Å². The summed E-state index contributed by atoms with van der Waals surface area (Å²) in [5.74, 6) is 0.304. The zero-order chi connectivity index (χ0) is 22.3. The van der Waals surface area contributed by atoms with Crippen LogP contribution in [0.2, 0.25) is 0 Å². The molecule has 1 aliphatic rings. The summed E-state index contributed by atoms with van der Waals surface area (Å²) in [6.07, 6.45) is 4.62. The van der Waals surface area contributed by atoms with E-state index in [4.69, 9.17) is 5.73 Å². The van der Waals surface area contributed by atoms with Crippen molar-refractivity contribution in [3.8, 4) is 22.4 Å². The molecular formula is C23H24Cl3F3N6. The number of anilines is 1. The lowest BCUT2D eigenvalue weighted by Gasteiger charge is -2.22. The van der Waals surface area contributed by atoms with Gasteiger partial charge in [0.25, 0.3) is 0 Å². The fourth-order valence-electron chi connectivity index (χ4n) is 4.06. The molecular weight excluding hydrogens is 524 g/mol. The van der Waals surface area contributed by atoms with Crippen LogP contribution in [0.5, 0.6) is 0 Å². The largest absolute Gasteiger partial charge is 0.416 e. The van der Waals surface area contributed by atoms with Gasteiger partial charge < -0.3 is 11.1 Å². The molecule has 0 unspecified atom stereocenters. The van der Waals surface area contributed by atoms with Crippen LogP contribution in [0.4, 0.5) is 19.0 Å². The number of piperidine rings is 1. The lowest BCUT2D eigenvalue weighted by molar-refractivity contribution is -0.137. The summed E-state index contributed by atoms with van der Waals surface area (Å²) in [7, 11) is 0. The number of alkyl halides is 3. The van der Waals surface area contributed by atoms with Crippen LogP contribution in [-0.4, -0.2) is 32.8 Å². The van der Waals surface area contributed by atoms with E-state index in [9.17, 15) is 13.2 Å². The number of rotatable bonds is 3. The number of fused-ring (bicyclic) bond motifs is 1. The van der Waals surface area contributed by atoms with Crippen molar-refractivity contribution in [1.82, 2.24) is 25.1 Å². The van der Waals surface area contributed by atoms with Gasteiger partial charge in [0.1, 0.15) is 5.82 Å². The van der Waals surface area contributed by atoms with Crippen molar-refractivity contribution in [2.75, 3.05) is 18.8 Å². The molecule has 0 saturated carbocycles. The molecule has 0 bridgehead atoms. The fraction of sp³-hybridized carbons (Fsp3) is 0.261. The Morgan fingerprint density at radius 2 is 1.63 bits per heavy atom. The lowest BCUT2D eigenvalue weighted by atomic mass is 10.0. The van der Waals surface area contributed by atoms with Crippen LogP contribution in [0.3, 0.4) is 0 Å². The molecule has 1 aliphatic heterocycles. The van der Waals surface area contributed by atoms with Crippen molar-refractivity contribution in [3.05, 3.63) is 60.7 Å². The Morgan fingerprint density at radius 1 is 0.886 bits per heavy atom. The highest BCUT2D eigenvalue weighted by molar-refractivity contribution is 5.88. The predicted molar refractivity (Wildman–Crippen MR) is 138 cm³/mol. The Kier molecular flexibility index (Phi) is 9.36. The molecule has 4 heterocycles. The third kappa shape index (κ3) is 5.98. The van der Waals surface area contributed by atoms with Crippen molar-refractivity contribution < 1.29 is 13.2 Å². The second kappa shape index (κ2) is 11.4. The van der Waals surface area contributed by atoms with Crippen LogP contribution in [0.1, 0.15) is 24.4 Å². The quantitative estimate of drug-likeness (QED) is 0.331. The molecule has 0 atom stereocenters. The number of nitrogens with zero attached hydrogens (tertiary/aromatic N) is 4. The smallest absolute Gasteiger partial charge is 0.383 e. The maximum atomic E-state index is 13.0. The van der Waals surface area contributed by atoms with E-state index in [-0.39, 0.29) is 37.2 Å². The van der Waals surface area contributed by atoms with Gasteiger partial charge in [-0.2, -0.15) is 18.3 Å². The van der Waals surface area contributed by atoms with Crippen LogP contribution < -0.4 is 11.1 Å². The van der Waals surface area contributed by atoms with E-state index >= 15 is 0 Å². The normalized spacial score (nSPS) is 14.0. The van der Waals surface area contributed by atoms with Crippen LogP contribution in [0.15, 0.2) is 55.1 Å². The van der Waals surface area contributed by atoms with Crippen molar-refractivity contribution in [2.24, 2.45) is 0 Å². The number of halogens is 6. The van der Waals surface area contributed by atoms with Crippen molar-refractivity contribution in [2.45, 2.75) is 25.1 Å². The Balaban J connectivity index is 0.00000144. The SMILES string of the molecule is Cl.Cl.Cl.Nc1ncc(-c2cnn(C3CCNCC3)c2)cc1-c1cc2ccc(C(F)(F)F)cc2cn1. The maximum absolute atomic E-state index is 13.0. The number of nitrogen functional groups attached to an aromatic ring is 1. The van der Waals surface area contributed by atoms with Crippen LogP contribution in [0, 0.1) is 0 Å². The van der Waals surface area contributed by atoms with E-state index in [1.165, 1.54) is 12.3 Å². The number of nitrogens with two attached hydrogens (primary N) is 1. The first-order valence-electron chi connectivity index (χ1n) is 10.4. The van der Waals surface area contributed by atoms with Gasteiger partial charge in [0.05, 0.1) is 23.5 Å². The first-order valence-corrected chi connectivity index (χ1v) is 10.4. The monoisotopic (exact) mass is 546 g/mol. The number of aromatic nitrogens is 4. The molecule has 3 N–H and O–H groups in total. The van der Waals surface area contributed by atoms with E-state index in [1.807, 2.05) is 23.1 Å². The summed E-state index contributed by atoms with van der Waals surface area (Å²) >= 11 is 0. The van der Waals surface area contributed by atoms with Crippen LogP contribution in [0.25, 0.3) is 33.2 Å². The second-order valence-corrected chi connectivity index (χ2v) is 7.98. The van der Waals surface area contributed by atoms with Gasteiger partial charge in [-0.1, -0.05) is 6.07 Å². The molecule has 1 aromatic carbocycles. The molecule has 0 radical (unpaired) electrons. The average molecular weight is 548 g/mol. The van der Waals surface area contributed by atoms with Gasteiger partial charge in [0.2, 0.25) is 0 Å². The number of pyridine rings is 2. The van der Waals surface area contributed by atoms with Crippen molar-refractivity contribution in [3.63, 3.8) is 0 Å². The summed E-state index contributed by atoms with van der Waals surface area (Å²) in [5, 5.41) is 8.94. The maximum Gasteiger partial charge on any atom is 0.416 e. The number of hydrogen-bond donors (Lipinski definition) is 2. The molecule has 0 spiro atoms. The van der Waals surface area contributed by atoms with Gasteiger partial charge in [-0.15, -0.1) is 37.2 Å². The molecule has 0 aliphatic carbocycles. The topological polar surface area (TPSA) is 81.6 Å². The molecule has 3 aromatic heterocycles. The molecule has 0 amide bonds. The van der Waals surface area contributed by atoms with Crippen molar-refractivity contribution in [1.29, 1.82) is 0 Å². The first-order chi connectivity index (χ1) is 15.4. The van der Waals surface area contributed by atoms with Gasteiger partial charge >= 0.3 is 6.18 Å². The van der Waals surface area contributed by atoms with E-state index in [1.54, 1.807) is 12.3 Å². The third-order valence-electron chi connectivity index (χ3n) is 5.86. The summed E-state index contributed by atoms with van der Waals surface area (Å²) in [6.45, 7) is 1.96. The van der Waals surface area contributed by atoms with E-state index in [0.717, 1.165) is 49.2 Å². The summed E-state index contributed by atoms with van der Waals surface area (Å²) in [6, 6.07) is 7.60. The predicted octanol–water partition coefficient (Wildman–Crippen LogP) is 5.95. The zero-order valence-electron chi connectivity index (χ0n) is 18.3. The minimum absolute atomic E-state index is 0. The Hall–Kier alpha value is -2.59. The highest BCUT2D eigenvalue weighted by Crippen LogP contribution is 2.34. The van der Waals surface area contributed by atoms with Crippen LogP contribution in [-0.2, 0) is 6.18 Å². The van der Waals surface area contributed by atoms with Gasteiger partial charge in [-0.05, 0) is 55.6 Å².